The molecule has 2 N–H and O–H groups in total. The van der Waals surface area contributed by atoms with Crippen molar-refractivity contribution in [2.24, 2.45) is 28.6 Å². The first-order valence-electron chi connectivity index (χ1n) is 15.5. The molecule has 0 aromatic heterocycles. The van der Waals surface area contributed by atoms with E-state index < -0.39 is 70.1 Å². The van der Waals surface area contributed by atoms with Crippen LogP contribution in [0.5, 0.6) is 0 Å². The number of ketones is 2. The van der Waals surface area contributed by atoms with Gasteiger partial charge in [0, 0.05) is 23.2 Å². The van der Waals surface area contributed by atoms with Crippen molar-refractivity contribution < 1.29 is 48.0 Å². The number of aliphatic hydroxyl groups excluding tert-OH is 1. The van der Waals surface area contributed by atoms with Crippen LogP contribution in [-0.2, 0) is 28.6 Å². The van der Waals surface area contributed by atoms with Crippen molar-refractivity contribution in [3.8, 4) is 0 Å². The maximum atomic E-state index is 17.3. The zero-order valence-corrected chi connectivity index (χ0v) is 26.2. The van der Waals surface area contributed by atoms with Crippen LogP contribution in [0.4, 0.5) is 9.18 Å². The first-order chi connectivity index (χ1) is 19.9. The van der Waals surface area contributed by atoms with Crippen molar-refractivity contribution in [2.45, 2.75) is 116 Å². The number of alkyl halides is 1. The number of rotatable bonds is 9. The molecule has 240 valence electrons. The fourth-order valence-corrected chi connectivity index (χ4v) is 8.51. The Morgan fingerprint density at radius 2 is 1.79 bits per heavy atom. The van der Waals surface area contributed by atoms with E-state index >= 15 is 4.39 Å². The van der Waals surface area contributed by atoms with Crippen LogP contribution >= 0.6 is 0 Å². The Balaban J connectivity index is 1.34. The Hall–Kier alpha value is -2.59. The van der Waals surface area contributed by atoms with E-state index in [-0.39, 0.29) is 31.2 Å². The normalized spacial score (nSPS) is 38.3. The predicted octanol–water partition coefficient (Wildman–Crippen LogP) is 4.96. The number of hydrogen-bond donors (Lipinski definition) is 2. The van der Waals surface area contributed by atoms with Crippen molar-refractivity contribution in [3.63, 3.8) is 0 Å². The van der Waals surface area contributed by atoms with E-state index in [2.05, 4.69) is 0 Å². The maximum Gasteiger partial charge on any atom is 0.508 e. The molecule has 0 amide bonds. The number of halogens is 1. The Kier molecular flexibility index (Phi) is 9.08. The molecule has 8 atom stereocenters. The monoisotopic (exact) mass is 606 g/mol. The van der Waals surface area contributed by atoms with Gasteiger partial charge in [0.25, 0.3) is 0 Å². The molecule has 0 bridgehead atoms. The first-order valence-corrected chi connectivity index (χ1v) is 15.5. The third kappa shape index (κ3) is 5.70. The lowest BCUT2D eigenvalue weighted by atomic mass is 9.44. The fraction of sp³-hybridized carbons (Fsp3) is 0.758. The highest BCUT2D eigenvalue weighted by Gasteiger charge is 2.75. The molecule has 10 heteroatoms. The molecule has 0 heterocycles. The molecule has 9 nitrogen and oxygen atoms in total. The van der Waals surface area contributed by atoms with Crippen LogP contribution < -0.4 is 0 Å². The predicted molar refractivity (Wildman–Crippen MR) is 154 cm³/mol. The van der Waals surface area contributed by atoms with E-state index in [9.17, 15) is 29.4 Å². The number of aliphatic hydroxyl groups is 2. The standard InChI is InChI=1S/C33H47FO9/c1-20-16-24-23-12-11-21-17-22(35)13-14-30(21,5)32(23,34)25(36)18-31(24,6)33(20,40)26(37)19-42-28(39)41-15-9-7-8-10-27(38)43-29(2,3)4/h13-14,17,20,23-25,36,40H,7-12,15-16,18-19H2,1-6H3/t20-,23+,24+,25+,30+,31+,32+,33+/m1/s1. The van der Waals surface area contributed by atoms with Crippen LogP contribution in [0.25, 0.3) is 0 Å². The molecule has 4 aliphatic rings. The van der Waals surface area contributed by atoms with E-state index in [1.807, 2.05) is 0 Å². The molecule has 4 aliphatic carbocycles. The molecule has 0 saturated heterocycles. The topological polar surface area (TPSA) is 136 Å². The van der Waals surface area contributed by atoms with Crippen LogP contribution in [-0.4, -0.2) is 70.1 Å². The van der Waals surface area contributed by atoms with Gasteiger partial charge in [0.1, 0.15) is 11.2 Å². The summed E-state index contributed by atoms with van der Waals surface area (Å²) in [6.07, 6.45) is 4.90. The minimum atomic E-state index is -2.07. The van der Waals surface area contributed by atoms with Crippen LogP contribution in [0.15, 0.2) is 23.8 Å². The molecule has 0 unspecified atom stereocenters. The number of hydrogen-bond acceptors (Lipinski definition) is 9. The number of carbonyl (C=O) groups excluding carboxylic acids is 4. The second kappa shape index (κ2) is 11.7. The summed E-state index contributed by atoms with van der Waals surface area (Å²) >= 11 is 0. The Labute approximate surface area is 253 Å². The van der Waals surface area contributed by atoms with Gasteiger partial charge in [0.15, 0.2) is 18.1 Å². The van der Waals surface area contributed by atoms with Crippen molar-refractivity contribution in [1.29, 1.82) is 0 Å². The summed E-state index contributed by atoms with van der Waals surface area (Å²) in [4.78, 5) is 49.5. The largest absolute Gasteiger partial charge is 0.508 e. The summed E-state index contributed by atoms with van der Waals surface area (Å²) in [6, 6.07) is 0. The highest BCUT2D eigenvalue weighted by Crippen LogP contribution is 2.70. The summed E-state index contributed by atoms with van der Waals surface area (Å²) in [5.74, 6) is -2.82. The van der Waals surface area contributed by atoms with Gasteiger partial charge in [-0.1, -0.05) is 25.5 Å². The van der Waals surface area contributed by atoms with E-state index in [4.69, 9.17) is 14.2 Å². The highest BCUT2D eigenvalue weighted by atomic mass is 19.1. The summed E-state index contributed by atoms with van der Waals surface area (Å²) < 4.78 is 32.7. The fourth-order valence-electron chi connectivity index (χ4n) is 8.51. The Morgan fingerprint density at radius 1 is 1.09 bits per heavy atom. The van der Waals surface area contributed by atoms with Gasteiger partial charge in [-0.3, -0.25) is 14.4 Å². The van der Waals surface area contributed by atoms with E-state index in [0.29, 0.717) is 44.1 Å². The number of carbonyl (C=O) groups is 4. The third-order valence-electron chi connectivity index (χ3n) is 10.6. The third-order valence-corrected chi connectivity index (χ3v) is 10.6. The van der Waals surface area contributed by atoms with Gasteiger partial charge in [-0.05, 0) is 96.6 Å². The first kappa shape index (κ1) is 33.3. The second-order valence-electron chi connectivity index (χ2n) is 14.4. The quantitative estimate of drug-likeness (QED) is 0.276. The molecule has 0 aliphatic heterocycles. The number of ether oxygens (including phenoxy) is 3. The minimum absolute atomic E-state index is 0.0451. The Morgan fingerprint density at radius 3 is 2.47 bits per heavy atom. The maximum absolute atomic E-state index is 17.3. The van der Waals surface area contributed by atoms with Gasteiger partial charge in [-0.25, -0.2) is 9.18 Å². The number of unbranched alkanes of at least 4 members (excludes halogenated alkanes) is 2. The number of fused-ring (bicyclic) bond motifs is 5. The lowest BCUT2D eigenvalue weighted by Crippen LogP contribution is -2.69. The van der Waals surface area contributed by atoms with Crippen LogP contribution in [0.1, 0.15) is 92.9 Å². The van der Waals surface area contributed by atoms with Crippen LogP contribution in [0.3, 0.4) is 0 Å². The van der Waals surface area contributed by atoms with Crippen molar-refractivity contribution >= 4 is 23.7 Å². The van der Waals surface area contributed by atoms with Crippen LogP contribution in [0.2, 0.25) is 0 Å². The number of allylic oxidation sites excluding steroid dienone is 4. The van der Waals surface area contributed by atoms with E-state index in [1.54, 1.807) is 47.6 Å². The SMILES string of the molecule is C[C@@H]1C[C@H]2[C@@H]3CCC4=CC(=O)C=C[C@]4(C)[C@@]3(F)[C@@H](O)C[C@]2(C)[C@@]1(O)C(=O)COC(=O)OCCCCCC(=O)OC(C)(C)C. The zero-order chi connectivity index (χ0) is 32.0. The van der Waals surface area contributed by atoms with Crippen molar-refractivity contribution in [1.82, 2.24) is 0 Å². The summed E-state index contributed by atoms with van der Waals surface area (Å²) in [5.41, 5.74) is -6.22. The van der Waals surface area contributed by atoms with Gasteiger partial charge in [0.2, 0.25) is 5.78 Å². The summed E-state index contributed by atoms with van der Waals surface area (Å²) in [5, 5.41) is 23.4. The van der Waals surface area contributed by atoms with Gasteiger partial charge in [0.05, 0.1) is 12.7 Å². The summed E-state index contributed by atoms with van der Waals surface area (Å²) in [6.45, 7) is 9.92. The minimum Gasteiger partial charge on any atom is -0.460 e. The zero-order valence-electron chi connectivity index (χ0n) is 26.2. The molecule has 3 saturated carbocycles. The Bertz CT molecular complexity index is 1200. The number of esters is 1. The van der Waals surface area contributed by atoms with Gasteiger partial charge in [-0.2, -0.15) is 0 Å². The van der Waals surface area contributed by atoms with E-state index in [0.717, 1.165) is 0 Å². The van der Waals surface area contributed by atoms with Crippen LogP contribution in [0, 0.1) is 28.6 Å². The van der Waals surface area contributed by atoms with Crippen molar-refractivity contribution in [2.75, 3.05) is 13.2 Å². The molecule has 3 fully saturated rings. The lowest BCUT2D eigenvalue weighted by molar-refractivity contribution is -0.219. The molecule has 4 rings (SSSR count). The lowest BCUT2D eigenvalue weighted by Gasteiger charge is -2.62. The molecule has 0 radical (unpaired) electrons. The molecule has 43 heavy (non-hydrogen) atoms. The van der Waals surface area contributed by atoms with Crippen molar-refractivity contribution in [3.05, 3.63) is 23.8 Å². The average molecular weight is 607 g/mol. The van der Waals surface area contributed by atoms with Gasteiger partial charge < -0.3 is 24.4 Å². The molecule has 0 spiro atoms. The molecular weight excluding hydrogens is 559 g/mol. The number of Topliss-reactive ketones (excluding diaryl/α,β-unsaturated/α-hetero) is 1. The second-order valence-corrected chi connectivity index (χ2v) is 14.4. The average Bonchev–Trinajstić information content (AvgIpc) is 3.11. The highest BCUT2D eigenvalue weighted by molar-refractivity contribution is 6.01. The van der Waals surface area contributed by atoms with Gasteiger partial charge in [-0.15, -0.1) is 0 Å². The smallest absolute Gasteiger partial charge is 0.460 e. The summed E-state index contributed by atoms with van der Waals surface area (Å²) in [7, 11) is 0. The van der Waals surface area contributed by atoms with Gasteiger partial charge >= 0.3 is 12.1 Å². The van der Waals surface area contributed by atoms with E-state index in [1.165, 1.54) is 12.2 Å². The molecular formula is C33H47FO9. The molecule has 0 aromatic rings. The molecule has 0 aromatic carbocycles.